The van der Waals surface area contributed by atoms with Gasteiger partial charge in [-0.05, 0) is 50.4 Å². The van der Waals surface area contributed by atoms with E-state index in [1.54, 1.807) is 7.05 Å². The number of nitrogens with zero attached hydrogens (tertiary/aromatic N) is 2. The Hall–Kier alpha value is -2.08. The number of rotatable bonds is 9. The van der Waals surface area contributed by atoms with E-state index in [0.29, 0.717) is 19.5 Å². The van der Waals surface area contributed by atoms with Crippen LogP contribution in [-0.4, -0.2) is 56.5 Å². The quantitative estimate of drug-likeness (QED) is 0.352. The number of likely N-dealkylation sites (tertiary alicyclic amines) is 1. The third-order valence-corrected chi connectivity index (χ3v) is 5.02. The van der Waals surface area contributed by atoms with Crippen LogP contribution >= 0.6 is 0 Å². The molecule has 0 spiro atoms. The minimum Gasteiger partial charge on any atom is -0.356 e. The van der Waals surface area contributed by atoms with Gasteiger partial charge in [0, 0.05) is 33.1 Å². The number of nitrogens with one attached hydrogen (secondary N) is 3. The van der Waals surface area contributed by atoms with Crippen LogP contribution in [0.1, 0.15) is 38.2 Å². The van der Waals surface area contributed by atoms with Crippen molar-refractivity contribution in [1.82, 2.24) is 20.9 Å². The molecule has 0 aromatic heterocycles. The van der Waals surface area contributed by atoms with Gasteiger partial charge in [-0.3, -0.25) is 9.79 Å². The van der Waals surface area contributed by atoms with Crippen molar-refractivity contribution >= 4 is 11.9 Å². The Morgan fingerprint density at radius 1 is 1.11 bits per heavy atom. The van der Waals surface area contributed by atoms with Crippen LogP contribution in [0, 0.1) is 5.92 Å². The summed E-state index contributed by atoms with van der Waals surface area (Å²) in [6.07, 6.45) is 4.18. The summed E-state index contributed by atoms with van der Waals surface area (Å²) in [5, 5.41) is 9.47. The highest BCUT2D eigenvalue weighted by Crippen LogP contribution is 2.15. The Morgan fingerprint density at radius 3 is 2.52 bits per heavy atom. The summed E-state index contributed by atoms with van der Waals surface area (Å²) in [6.45, 7) is 7.98. The molecule has 0 radical (unpaired) electrons. The Bertz CT molecular complexity index is 567. The molecular formula is C21H35N5O. The standard InChI is InChI=1S/C21H35N5O/c1-18-10-15-26(16-11-18)14-6-12-23-21(22-2)24-13-9-20(27)25-17-19-7-4-3-5-8-19/h3-5,7-8,18H,6,9-17H2,1-2H3,(H,25,27)(H2,22,23,24). The highest BCUT2D eigenvalue weighted by molar-refractivity contribution is 5.81. The van der Waals surface area contributed by atoms with Crippen LogP contribution in [0.15, 0.2) is 35.3 Å². The number of aliphatic imine (C=N–C) groups is 1. The number of piperidine rings is 1. The van der Waals surface area contributed by atoms with Crippen molar-refractivity contribution in [2.24, 2.45) is 10.9 Å². The Labute approximate surface area is 163 Å². The normalized spacial score (nSPS) is 16.1. The van der Waals surface area contributed by atoms with E-state index in [-0.39, 0.29) is 5.91 Å². The van der Waals surface area contributed by atoms with Crippen molar-refractivity contribution in [1.29, 1.82) is 0 Å². The zero-order valence-corrected chi connectivity index (χ0v) is 16.8. The van der Waals surface area contributed by atoms with E-state index >= 15 is 0 Å². The van der Waals surface area contributed by atoms with Gasteiger partial charge in [0.05, 0.1) is 0 Å². The van der Waals surface area contributed by atoms with Gasteiger partial charge in [0.2, 0.25) is 5.91 Å². The minimum atomic E-state index is 0.0427. The van der Waals surface area contributed by atoms with Gasteiger partial charge < -0.3 is 20.9 Å². The molecular weight excluding hydrogens is 338 g/mol. The first-order valence-electron chi connectivity index (χ1n) is 10.1. The number of carbonyl (C=O) groups excluding carboxylic acids is 1. The molecule has 1 fully saturated rings. The molecule has 0 saturated carbocycles. The lowest BCUT2D eigenvalue weighted by molar-refractivity contribution is -0.121. The molecule has 0 bridgehead atoms. The first-order valence-corrected chi connectivity index (χ1v) is 10.1. The van der Waals surface area contributed by atoms with E-state index in [1.807, 2.05) is 30.3 Å². The van der Waals surface area contributed by atoms with Crippen LogP contribution in [0.3, 0.4) is 0 Å². The predicted octanol–water partition coefficient (Wildman–Crippen LogP) is 1.98. The van der Waals surface area contributed by atoms with Crippen LogP contribution in [0.4, 0.5) is 0 Å². The van der Waals surface area contributed by atoms with Gasteiger partial charge in [-0.25, -0.2) is 0 Å². The van der Waals surface area contributed by atoms with Crippen LogP contribution < -0.4 is 16.0 Å². The second-order valence-electron chi connectivity index (χ2n) is 7.32. The van der Waals surface area contributed by atoms with E-state index in [9.17, 15) is 4.79 Å². The number of carbonyl (C=O) groups is 1. The van der Waals surface area contributed by atoms with Gasteiger partial charge in [-0.15, -0.1) is 0 Å². The largest absolute Gasteiger partial charge is 0.356 e. The number of guanidine groups is 1. The Kier molecular flexibility index (Phi) is 9.69. The maximum absolute atomic E-state index is 11.9. The lowest BCUT2D eigenvalue weighted by Gasteiger charge is -2.30. The smallest absolute Gasteiger partial charge is 0.222 e. The van der Waals surface area contributed by atoms with E-state index in [0.717, 1.165) is 37.0 Å². The first-order chi connectivity index (χ1) is 13.2. The monoisotopic (exact) mass is 373 g/mol. The van der Waals surface area contributed by atoms with E-state index in [4.69, 9.17) is 0 Å². The molecule has 1 aliphatic heterocycles. The summed E-state index contributed by atoms with van der Waals surface area (Å²) >= 11 is 0. The molecule has 6 nitrogen and oxygen atoms in total. The topological polar surface area (TPSA) is 68.8 Å². The Morgan fingerprint density at radius 2 is 1.81 bits per heavy atom. The minimum absolute atomic E-state index is 0.0427. The lowest BCUT2D eigenvalue weighted by atomic mass is 9.99. The highest BCUT2D eigenvalue weighted by atomic mass is 16.1. The number of amides is 1. The van der Waals surface area contributed by atoms with Crippen molar-refractivity contribution in [3.8, 4) is 0 Å². The summed E-state index contributed by atoms with van der Waals surface area (Å²) in [5.74, 6) is 1.69. The lowest BCUT2D eigenvalue weighted by Crippen LogP contribution is -2.41. The molecule has 0 unspecified atom stereocenters. The van der Waals surface area contributed by atoms with E-state index < -0.39 is 0 Å². The van der Waals surface area contributed by atoms with Gasteiger partial charge in [0.25, 0.3) is 0 Å². The van der Waals surface area contributed by atoms with Crippen molar-refractivity contribution in [3.63, 3.8) is 0 Å². The zero-order chi connectivity index (χ0) is 19.3. The van der Waals surface area contributed by atoms with Crippen LogP contribution in [0.5, 0.6) is 0 Å². The number of hydrogen-bond acceptors (Lipinski definition) is 3. The maximum Gasteiger partial charge on any atom is 0.222 e. The van der Waals surface area contributed by atoms with Gasteiger partial charge in [0.15, 0.2) is 5.96 Å². The summed E-state index contributed by atoms with van der Waals surface area (Å²) in [6, 6.07) is 9.94. The van der Waals surface area contributed by atoms with Crippen LogP contribution in [0.25, 0.3) is 0 Å². The molecule has 1 aromatic carbocycles. The van der Waals surface area contributed by atoms with Crippen LogP contribution in [0.2, 0.25) is 0 Å². The summed E-state index contributed by atoms with van der Waals surface area (Å²) in [4.78, 5) is 18.7. The molecule has 150 valence electrons. The molecule has 1 amide bonds. The molecule has 1 aliphatic rings. The number of hydrogen-bond donors (Lipinski definition) is 3. The Balaban J connectivity index is 1.51. The molecule has 27 heavy (non-hydrogen) atoms. The van der Waals surface area contributed by atoms with Crippen molar-refractivity contribution < 1.29 is 4.79 Å². The molecule has 1 heterocycles. The summed E-state index contributed by atoms with van der Waals surface area (Å²) in [7, 11) is 1.76. The van der Waals surface area contributed by atoms with E-state index in [1.165, 1.54) is 25.9 Å². The average molecular weight is 374 g/mol. The fourth-order valence-corrected chi connectivity index (χ4v) is 3.20. The fourth-order valence-electron chi connectivity index (χ4n) is 3.20. The van der Waals surface area contributed by atoms with Crippen LogP contribution in [-0.2, 0) is 11.3 Å². The average Bonchev–Trinajstić information content (AvgIpc) is 2.70. The molecule has 1 saturated heterocycles. The molecule has 1 aromatic rings. The first kappa shape index (κ1) is 21.2. The van der Waals surface area contributed by atoms with Gasteiger partial charge in [-0.1, -0.05) is 37.3 Å². The zero-order valence-electron chi connectivity index (χ0n) is 16.8. The summed E-state index contributed by atoms with van der Waals surface area (Å²) in [5.41, 5.74) is 1.11. The third kappa shape index (κ3) is 8.91. The third-order valence-electron chi connectivity index (χ3n) is 5.02. The predicted molar refractivity (Wildman–Crippen MR) is 112 cm³/mol. The van der Waals surface area contributed by atoms with Crippen molar-refractivity contribution in [2.45, 2.75) is 39.2 Å². The van der Waals surface area contributed by atoms with E-state index in [2.05, 4.69) is 32.8 Å². The highest BCUT2D eigenvalue weighted by Gasteiger charge is 2.14. The molecule has 6 heteroatoms. The maximum atomic E-state index is 11.9. The molecule has 0 aliphatic carbocycles. The second kappa shape index (κ2) is 12.3. The SMILES string of the molecule is CN=C(NCCCN1CCC(C)CC1)NCCC(=O)NCc1ccccc1. The molecule has 3 N–H and O–H groups in total. The van der Waals surface area contributed by atoms with Gasteiger partial charge in [-0.2, -0.15) is 0 Å². The fraction of sp³-hybridized carbons (Fsp3) is 0.619. The summed E-state index contributed by atoms with van der Waals surface area (Å²) < 4.78 is 0. The van der Waals surface area contributed by atoms with Gasteiger partial charge >= 0.3 is 0 Å². The van der Waals surface area contributed by atoms with Gasteiger partial charge in [0.1, 0.15) is 0 Å². The van der Waals surface area contributed by atoms with Crippen molar-refractivity contribution in [2.75, 3.05) is 39.8 Å². The molecule has 2 rings (SSSR count). The molecule has 0 atom stereocenters. The number of benzene rings is 1. The van der Waals surface area contributed by atoms with Crippen molar-refractivity contribution in [3.05, 3.63) is 35.9 Å². The second-order valence-corrected chi connectivity index (χ2v) is 7.32.